The summed E-state index contributed by atoms with van der Waals surface area (Å²) in [6.45, 7) is 4.45. The van der Waals surface area contributed by atoms with Crippen molar-refractivity contribution in [1.82, 2.24) is 25.5 Å². The third-order valence-corrected chi connectivity index (χ3v) is 8.17. The maximum Gasteiger partial charge on any atom is 0.346 e. The zero-order chi connectivity index (χ0) is 32.7. The Morgan fingerprint density at radius 2 is 1.67 bits per heavy atom. The number of hydrogen-bond acceptors (Lipinski definition) is 6. The fourth-order valence-corrected chi connectivity index (χ4v) is 5.83. The monoisotopic (exact) mass is 656 g/mol. The number of aliphatic carboxylic acids is 1. The van der Waals surface area contributed by atoms with Gasteiger partial charge < -0.3 is 26.0 Å². The van der Waals surface area contributed by atoms with Gasteiger partial charge in [0.25, 0.3) is 5.91 Å². The molecule has 4 rings (SSSR count). The molecular weight excluding hydrogens is 623 g/mol. The van der Waals surface area contributed by atoms with Crippen LogP contribution in [0.25, 0.3) is 0 Å². The molecule has 45 heavy (non-hydrogen) atoms. The predicted molar refractivity (Wildman–Crippen MR) is 169 cm³/mol. The van der Waals surface area contributed by atoms with Crippen LogP contribution in [0.5, 0.6) is 0 Å². The molecule has 1 saturated heterocycles. The van der Waals surface area contributed by atoms with Crippen LogP contribution in [0.2, 0.25) is 10.0 Å². The number of likely N-dealkylation sites (tertiary alicyclic amines) is 1. The summed E-state index contributed by atoms with van der Waals surface area (Å²) in [5.41, 5.74) is -0.414. The summed E-state index contributed by atoms with van der Waals surface area (Å²) in [5, 5.41) is 18.4. The van der Waals surface area contributed by atoms with Gasteiger partial charge in [0.2, 0.25) is 5.91 Å². The van der Waals surface area contributed by atoms with E-state index in [-0.39, 0.29) is 58.3 Å². The number of carbonyl (C=O) groups excluding carboxylic acids is 3. The molecule has 1 aromatic heterocycles. The summed E-state index contributed by atoms with van der Waals surface area (Å²) >= 11 is 12.3. The van der Waals surface area contributed by atoms with Gasteiger partial charge in [-0.1, -0.05) is 73.4 Å². The second-order valence-electron chi connectivity index (χ2n) is 11.3. The van der Waals surface area contributed by atoms with Gasteiger partial charge in [0, 0.05) is 37.7 Å². The van der Waals surface area contributed by atoms with E-state index < -0.39 is 35.2 Å². The number of piperidine rings is 1. The normalized spacial score (nSPS) is 14.8. The number of benzene rings is 2. The number of nitrogens with one attached hydrogen (secondary N) is 4. The lowest BCUT2D eigenvalue weighted by Gasteiger charge is -2.43. The van der Waals surface area contributed by atoms with Gasteiger partial charge >= 0.3 is 17.7 Å². The maximum absolute atomic E-state index is 13.3. The second-order valence-corrected chi connectivity index (χ2v) is 12.1. The van der Waals surface area contributed by atoms with Crippen molar-refractivity contribution in [3.8, 4) is 0 Å². The highest BCUT2D eigenvalue weighted by atomic mass is 35.5. The number of carboxylic acids is 1. The maximum atomic E-state index is 13.3. The number of hydrogen-bond donors (Lipinski definition) is 5. The highest BCUT2D eigenvalue weighted by Crippen LogP contribution is 2.33. The standard InChI is InChI=1S/C31H34Cl2N6O6/c1-18(2)15-24(40)38-31(20-7-4-3-5-8-20)11-13-39(14-12-31)30(45)35-23(28(42)43)16-19-17-34-29(44)37-26(19)36-27(41)25-21(32)9-6-10-22(25)33/h3-10,17-18,23H,11-16H2,1-2H3,(H,35,45)(H,38,40)(H,42,43)(H2,34,36,37,41,44). The summed E-state index contributed by atoms with van der Waals surface area (Å²) in [6.07, 6.45) is 2.03. The van der Waals surface area contributed by atoms with E-state index >= 15 is 0 Å². The van der Waals surface area contributed by atoms with Gasteiger partial charge in [0.05, 0.1) is 21.1 Å². The summed E-state index contributed by atoms with van der Waals surface area (Å²) in [5.74, 6) is -2.08. The van der Waals surface area contributed by atoms with Crippen LogP contribution in [0.15, 0.2) is 59.5 Å². The van der Waals surface area contributed by atoms with E-state index in [1.165, 1.54) is 17.0 Å². The van der Waals surface area contributed by atoms with Crippen molar-refractivity contribution in [2.75, 3.05) is 18.4 Å². The lowest BCUT2D eigenvalue weighted by atomic mass is 9.80. The zero-order valence-electron chi connectivity index (χ0n) is 24.7. The quantitative estimate of drug-likeness (QED) is 0.217. The Hall–Kier alpha value is -4.42. The van der Waals surface area contributed by atoms with E-state index in [9.17, 15) is 29.1 Å². The number of nitrogens with zero attached hydrogens (tertiary/aromatic N) is 2. The average molecular weight is 658 g/mol. The van der Waals surface area contributed by atoms with Crippen LogP contribution < -0.4 is 21.6 Å². The van der Waals surface area contributed by atoms with Gasteiger partial charge in [-0.05, 0) is 36.5 Å². The Labute approximate surface area is 269 Å². The summed E-state index contributed by atoms with van der Waals surface area (Å²) < 4.78 is 0. The largest absolute Gasteiger partial charge is 0.480 e. The molecule has 0 radical (unpaired) electrons. The lowest BCUT2D eigenvalue weighted by Crippen LogP contribution is -2.57. The molecule has 0 aliphatic carbocycles. The minimum Gasteiger partial charge on any atom is -0.480 e. The smallest absolute Gasteiger partial charge is 0.346 e. The van der Waals surface area contributed by atoms with Crippen molar-refractivity contribution in [2.45, 2.75) is 51.1 Å². The highest BCUT2D eigenvalue weighted by molar-refractivity contribution is 6.40. The summed E-state index contributed by atoms with van der Waals surface area (Å²) in [4.78, 5) is 70.8. The number of anilines is 1. The van der Waals surface area contributed by atoms with Gasteiger partial charge in [-0.2, -0.15) is 0 Å². The molecule has 5 N–H and O–H groups in total. The number of rotatable bonds is 10. The molecule has 2 heterocycles. The van der Waals surface area contributed by atoms with Crippen LogP contribution in [0.1, 0.15) is 54.6 Å². The topological polar surface area (TPSA) is 174 Å². The van der Waals surface area contributed by atoms with Crippen molar-refractivity contribution in [1.29, 1.82) is 0 Å². The lowest BCUT2D eigenvalue weighted by molar-refractivity contribution is -0.139. The van der Waals surface area contributed by atoms with Crippen molar-refractivity contribution < 1.29 is 24.3 Å². The number of H-pyrrole nitrogens is 1. The molecule has 0 saturated carbocycles. The summed E-state index contributed by atoms with van der Waals surface area (Å²) in [7, 11) is 0. The fraction of sp³-hybridized carbons (Fsp3) is 0.355. The van der Waals surface area contributed by atoms with Gasteiger partial charge in [-0.15, -0.1) is 0 Å². The Balaban J connectivity index is 1.47. The van der Waals surface area contributed by atoms with Crippen LogP contribution >= 0.6 is 23.2 Å². The molecule has 1 aliphatic rings. The van der Waals surface area contributed by atoms with Crippen molar-refractivity contribution in [2.24, 2.45) is 5.92 Å². The Morgan fingerprint density at radius 3 is 2.27 bits per heavy atom. The Kier molecular flexibility index (Phi) is 10.8. The first-order chi connectivity index (χ1) is 21.4. The van der Waals surface area contributed by atoms with Crippen LogP contribution in [-0.4, -0.2) is 62.9 Å². The minimum atomic E-state index is -1.43. The molecule has 1 unspecified atom stereocenters. The van der Waals surface area contributed by atoms with E-state index in [1.54, 1.807) is 6.07 Å². The van der Waals surface area contributed by atoms with Crippen molar-refractivity contribution >= 4 is 52.8 Å². The third-order valence-electron chi connectivity index (χ3n) is 7.54. The van der Waals surface area contributed by atoms with E-state index in [4.69, 9.17) is 23.2 Å². The highest BCUT2D eigenvalue weighted by Gasteiger charge is 2.39. The number of aromatic nitrogens is 2. The van der Waals surface area contributed by atoms with Crippen molar-refractivity contribution in [3.05, 3.63) is 91.9 Å². The van der Waals surface area contributed by atoms with E-state index in [2.05, 4.69) is 25.9 Å². The number of carbonyl (C=O) groups is 4. The second kappa shape index (κ2) is 14.6. The van der Waals surface area contributed by atoms with E-state index in [1.807, 2.05) is 44.2 Å². The van der Waals surface area contributed by atoms with Gasteiger partial charge in [-0.3, -0.25) is 14.6 Å². The molecule has 3 aromatic rings. The van der Waals surface area contributed by atoms with E-state index in [0.717, 1.165) is 11.8 Å². The number of aromatic amines is 1. The molecule has 4 amide bonds. The van der Waals surface area contributed by atoms with Gasteiger partial charge in [0.15, 0.2) is 0 Å². The molecule has 0 bridgehead atoms. The molecule has 1 aliphatic heterocycles. The number of carboxylic acid groups (broad SMARTS) is 1. The SMILES string of the molecule is CC(C)CC(=O)NC1(c2ccccc2)CCN(C(=O)NC(Cc2cnc(=O)[nH]c2NC(=O)c2c(Cl)cccc2Cl)C(=O)O)CC1. The fourth-order valence-electron chi connectivity index (χ4n) is 5.26. The molecule has 12 nitrogen and oxygen atoms in total. The molecule has 14 heteroatoms. The van der Waals surface area contributed by atoms with Gasteiger partial charge in [-0.25, -0.2) is 19.4 Å². The number of urea groups is 1. The number of amides is 4. The van der Waals surface area contributed by atoms with Crippen LogP contribution in [0.3, 0.4) is 0 Å². The number of halogens is 2. The first-order valence-corrected chi connectivity index (χ1v) is 15.1. The Morgan fingerprint density at radius 1 is 1.02 bits per heavy atom. The molecule has 0 spiro atoms. The zero-order valence-corrected chi connectivity index (χ0v) is 26.2. The van der Waals surface area contributed by atoms with Gasteiger partial charge in [0.1, 0.15) is 11.9 Å². The third kappa shape index (κ3) is 8.40. The van der Waals surface area contributed by atoms with Crippen LogP contribution in [0.4, 0.5) is 10.6 Å². The average Bonchev–Trinajstić information content (AvgIpc) is 2.98. The minimum absolute atomic E-state index is 0.0374. The van der Waals surface area contributed by atoms with Crippen LogP contribution in [-0.2, 0) is 21.5 Å². The summed E-state index contributed by atoms with van der Waals surface area (Å²) in [6, 6.07) is 12.0. The molecule has 1 atom stereocenters. The molecular formula is C31H34Cl2N6O6. The first-order valence-electron chi connectivity index (χ1n) is 14.4. The molecule has 2 aromatic carbocycles. The molecule has 238 valence electrons. The van der Waals surface area contributed by atoms with E-state index in [0.29, 0.717) is 19.3 Å². The Bertz CT molecular complexity index is 1600. The van der Waals surface area contributed by atoms with Crippen LogP contribution in [0, 0.1) is 5.92 Å². The first kappa shape index (κ1) is 33.5. The molecule has 1 fully saturated rings. The predicted octanol–water partition coefficient (Wildman–Crippen LogP) is 4.19. The van der Waals surface area contributed by atoms with Crippen molar-refractivity contribution in [3.63, 3.8) is 0 Å².